The number of aromatic carboxylic acids is 1. The number of hydrogen-bond donors (Lipinski definition) is 1. The molecule has 1 N–H and O–H groups in total. The molecule has 0 atom stereocenters. The van der Waals surface area contributed by atoms with E-state index < -0.39 is 5.97 Å². The van der Waals surface area contributed by atoms with E-state index in [9.17, 15) is 4.79 Å². The van der Waals surface area contributed by atoms with Crippen molar-refractivity contribution in [3.8, 4) is 5.75 Å². The second-order valence-electron chi connectivity index (χ2n) is 3.97. The summed E-state index contributed by atoms with van der Waals surface area (Å²) in [7, 11) is 3.80. The normalized spacial score (nSPS) is 11.0. The van der Waals surface area contributed by atoms with E-state index >= 15 is 0 Å². The summed E-state index contributed by atoms with van der Waals surface area (Å²) in [6, 6.07) is 6.70. The molecule has 0 radical (unpaired) electrons. The number of nitrogens with zero attached hydrogens (tertiary/aromatic N) is 1. The first-order valence-corrected chi connectivity index (χ1v) is 5.10. The van der Waals surface area contributed by atoms with Gasteiger partial charge in [0.1, 0.15) is 18.1 Å². The number of benzene rings is 1. The van der Waals surface area contributed by atoms with Crippen molar-refractivity contribution in [3.05, 3.63) is 30.0 Å². The lowest BCUT2D eigenvalue weighted by Gasteiger charge is -2.11. The summed E-state index contributed by atoms with van der Waals surface area (Å²) < 4.78 is 10.6. The van der Waals surface area contributed by atoms with Crippen molar-refractivity contribution in [2.45, 2.75) is 0 Å². The minimum absolute atomic E-state index is 0.0650. The molecule has 0 aliphatic rings. The van der Waals surface area contributed by atoms with Gasteiger partial charge in [-0.2, -0.15) is 0 Å². The Morgan fingerprint density at radius 3 is 2.82 bits per heavy atom. The van der Waals surface area contributed by atoms with Crippen LogP contribution < -0.4 is 4.74 Å². The molecule has 0 fully saturated rings. The van der Waals surface area contributed by atoms with Crippen molar-refractivity contribution in [2.75, 3.05) is 20.8 Å². The predicted molar refractivity (Wildman–Crippen MR) is 62.4 cm³/mol. The molecule has 0 aliphatic carbocycles. The van der Waals surface area contributed by atoms with Crippen molar-refractivity contribution in [3.63, 3.8) is 0 Å². The summed E-state index contributed by atoms with van der Waals surface area (Å²) in [6.07, 6.45) is 0. The van der Waals surface area contributed by atoms with Crippen LogP contribution in [0.25, 0.3) is 11.0 Å². The maximum Gasteiger partial charge on any atom is 0.371 e. The SMILES string of the molecule is CN(C)COc1ccc2oc(C(=O)O)cc2c1. The second-order valence-corrected chi connectivity index (χ2v) is 3.97. The van der Waals surface area contributed by atoms with Crippen LogP contribution in [0.5, 0.6) is 5.75 Å². The highest BCUT2D eigenvalue weighted by atomic mass is 16.5. The van der Waals surface area contributed by atoms with Gasteiger partial charge >= 0.3 is 5.97 Å². The zero-order chi connectivity index (χ0) is 12.4. The molecule has 2 aromatic rings. The summed E-state index contributed by atoms with van der Waals surface area (Å²) in [5.41, 5.74) is 0.541. The molecule has 1 heterocycles. The largest absolute Gasteiger partial charge is 0.478 e. The van der Waals surface area contributed by atoms with Crippen LogP contribution in [0.2, 0.25) is 0 Å². The third-order valence-corrected chi connectivity index (χ3v) is 2.19. The highest BCUT2D eigenvalue weighted by Crippen LogP contribution is 2.24. The number of carboxylic acid groups (broad SMARTS) is 1. The van der Waals surface area contributed by atoms with Crippen molar-refractivity contribution in [1.82, 2.24) is 4.90 Å². The molecule has 0 saturated carbocycles. The van der Waals surface area contributed by atoms with Gasteiger partial charge in [0.25, 0.3) is 0 Å². The Balaban J connectivity index is 2.27. The first-order valence-electron chi connectivity index (χ1n) is 5.10. The number of furan rings is 1. The molecule has 1 aromatic carbocycles. The quantitative estimate of drug-likeness (QED) is 0.821. The fourth-order valence-corrected chi connectivity index (χ4v) is 1.42. The molecule has 2 rings (SSSR count). The van der Waals surface area contributed by atoms with Crippen LogP contribution in [0.1, 0.15) is 10.6 Å². The van der Waals surface area contributed by atoms with Gasteiger partial charge in [-0.15, -0.1) is 0 Å². The van der Waals surface area contributed by atoms with Crippen LogP contribution in [-0.4, -0.2) is 36.8 Å². The van der Waals surface area contributed by atoms with E-state index in [0.717, 1.165) is 5.39 Å². The summed E-state index contributed by atoms with van der Waals surface area (Å²) in [5.74, 6) is -0.453. The Labute approximate surface area is 98.2 Å². The molecule has 5 heteroatoms. The Kier molecular flexibility index (Phi) is 3.01. The summed E-state index contributed by atoms with van der Waals surface area (Å²) in [5, 5.41) is 9.52. The van der Waals surface area contributed by atoms with Gasteiger partial charge in [-0.25, -0.2) is 4.79 Å². The summed E-state index contributed by atoms with van der Waals surface area (Å²) in [6.45, 7) is 0.467. The summed E-state index contributed by atoms with van der Waals surface area (Å²) in [4.78, 5) is 12.6. The van der Waals surface area contributed by atoms with Crippen LogP contribution in [0.3, 0.4) is 0 Å². The molecule has 5 nitrogen and oxygen atoms in total. The zero-order valence-corrected chi connectivity index (χ0v) is 9.64. The maximum atomic E-state index is 10.7. The minimum Gasteiger partial charge on any atom is -0.478 e. The standard InChI is InChI=1S/C12H13NO4/c1-13(2)7-16-9-3-4-10-8(5-9)6-11(17-10)12(14)15/h3-6H,7H2,1-2H3,(H,14,15). The van der Waals surface area contributed by atoms with E-state index in [1.54, 1.807) is 18.2 Å². The molecule has 0 amide bonds. The van der Waals surface area contributed by atoms with Crippen molar-refractivity contribution in [2.24, 2.45) is 0 Å². The van der Waals surface area contributed by atoms with Gasteiger partial charge in [-0.3, -0.25) is 4.90 Å². The van der Waals surface area contributed by atoms with Crippen LogP contribution in [0, 0.1) is 0 Å². The Morgan fingerprint density at radius 2 is 2.18 bits per heavy atom. The minimum atomic E-state index is -1.07. The average molecular weight is 235 g/mol. The molecule has 1 aromatic heterocycles. The van der Waals surface area contributed by atoms with Gasteiger partial charge in [0.15, 0.2) is 0 Å². The van der Waals surface area contributed by atoms with Crippen molar-refractivity contribution < 1.29 is 19.1 Å². The van der Waals surface area contributed by atoms with E-state index in [0.29, 0.717) is 18.1 Å². The van der Waals surface area contributed by atoms with E-state index in [1.807, 2.05) is 19.0 Å². The predicted octanol–water partition coefficient (Wildman–Crippen LogP) is 2.03. The number of hydrogen-bond acceptors (Lipinski definition) is 4. The van der Waals surface area contributed by atoms with Crippen LogP contribution in [0.15, 0.2) is 28.7 Å². The van der Waals surface area contributed by atoms with E-state index in [2.05, 4.69) is 0 Å². The van der Waals surface area contributed by atoms with Crippen molar-refractivity contribution in [1.29, 1.82) is 0 Å². The fraction of sp³-hybridized carbons (Fsp3) is 0.250. The fourth-order valence-electron chi connectivity index (χ4n) is 1.42. The number of ether oxygens (including phenoxy) is 1. The molecular formula is C12H13NO4. The van der Waals surface area contributed by atoms with E-state index in [1.165, 1.54) is 6.07 Å². The van der Waals surface area contributed by atoms with Gasteiger partial charge in [0, 0.05) is 5.39 Å². The zero-order valence-electron chi connectivity index (χ0n) is 9.64. The molecule has 90 valence electrons. The molecule has 0 bridgehead atoms. The van der Waals surface area contributed by atoms with Gasteiger partial charge in [0.05, 0.1) is 0 Å². The molecule has 0 aliphatic heterocycles. The monoisotopic (exact) mass is 235 g/mol. The Morgan fingerprint density at radius 1 is 1.41 bits per heavy atom. The summed E-state index contributed by atoms with van der Waals surface area (Å²) >= 11 is 0. The number of rotatable bonds is 4. The Bertz CT molecular complexity index is 544. The van der Waals surface area contributed by atoms with Gasteiger partial charge in [-0.05, 0) is 38.4 Å². The number of carboxylic acids is 1. The Hall–Kier alpha value is -2.01. The maximum absolute atomic E-state index is 10.7. The van der Waals surface area contributed by atoms with Gasteiger partial charge < -0.3 is 14.3 Å². The van der Waals surface area contributed by atoms with Crippen LogP contribution in [-0.2, 0) is 0 Å². The lowest BCUT2D eigenvalue weighted by atomic mass is 10.2. The van der Waals surface area contributed by atoms with Gasteiger partial charge in [0.2, 0.25) is 5.76 Å². The molecule has 0 spiro atoms. The van der Waals surface area contributed by atoms with Crippen LogP contribution in [0.4, 0.5) is 0 Å². The van der Waals surface area contributed by atoms with E-state index in [4.69, 9.17) is 14.3 Å². The van der Waals surface area contributed by atoms with Crippen molar-refractivity contribution >= 4 is 16.9 Å². The highest BCUT2D eigenvalue weighted by molar-refractivity contribution is 5.91. The third kappa shape index (κ3) is 2.57. The lowest BCUT2D eigenvalue weighted by molar-refractivity contribution is 0.0665. The average Bonchev–Trinajstić information content (AvgIpc) is 2.69. The number of fused-ring (bicyclic) bond motifs is 1. The molecular weight excluding hydrogens is 222 g/mol. The second kappa shape index (κ2) is 4.47. The third-order valence-electron chi connectivity index (χ3n) is 2.19. The number of carbonyl (C=O) groups is 1. The molecule has 17 heavy (non-hydrogen) atoms. The van der Waals surface area contributed by atoms with Gasteiger partial charge in [-0.1, -0.05) is 0 Å². The first kappa shape index (κ1) is 11.5. The molecule has 0 saturated heterocycles. The highest BCUT2D eigenvalue weighted by Gasteiger charge is 2.10. The van der Waals surface area contributed by atoms with E-state index in [-0.39, 0.29) is 5.76 Å². The van der Waals surface area contributed by atoms with Crippen LogP contribution >= 0.6 is 0 Å². The smallest absolute Gasteiger partial charge is 0.371 e. The topological polar surface area (TPSA) is 62.9 Å². The first-order chi connectivity index (χ1) is 8.06. The lowest BCUT2D eigenvalue weighted by Crippen LogP contribution is -2.18. The molecule has 0 unspecified atom stereocenters.